The molecule has 2 aromatic carbocycles. The van der Waals surface area contributed by atoms with Crippen molar-refractivity contribution in [2.45, 2.75) is 22.8 Å². The standard InChI is InChI=1S/C14H14FNS/c1-10(16)14-12(15)8-5-9-13(14)17-11-6-3-2-4-7-11/h2-10H,16H2,1H3/t10-/m1/s1. The lowest BCUT2D eigenvalue weighted by Crippen LogP contribution is -2.08. The molecule has 0 amide bonds. The van der Waals surface area contributed by atoms with E-state index in [1.807, 2.05) is 36.4 Å². The van der Waals surface area contributed by atoms with E-state index < -0.39 is 0 Å². The molecule has 0 aliphatic rings. The van der Waals surface area contributed by atoms with Crippen molar-refractivity contribution in [2.75, 3.05) is 0 Å². The molecule has 0 radical (unpaired) electrons. The molecule has 0 unspecified atom stereocenters. The zero-order valence-corrected chi connectivity index (χ0v) is 10.4. The van der Waals surface area contributed by atoms with E-state index in [0.29, 0.717) is 5.56 Å². The van der Waals surface area contributed by atoms with E-state index >= 15 is 0 Å². The number of benzene rings is 2. The van der Waals surface area contributed by atoms with Crippen LogP contribution in [-0.2, 0) is 0 Å². The highest BCUT2D eigenvalue weighted by Crippen LogP contribution is 2.33. The van der Waals surface area contributed by atoms with Crippen LogP contribution in [0.15, 0.2) is 58.3 Å². The van der Waals surface area contributed by atoms with Crippen LogP contribution in [0.4, 0.5) is 4.39 Å². The monoisotopic (exact) mass is 247 g/mol. The Hall–Kier alpha value is -1.32. The highest BCUT2D eigenvalue weighted by atomic mass is 32.2. The number of hydrogen-bond acceptors (Lipinski definition) is 2. The summed E-state index contributed by atoms with van der Waals surface area (Å²) in [7, 11) is 0. The molecule has 1 atom stereocenters. The normalized spacial score (nSPS) is 12.4. The average Bonchev–Trinajstić information content (AvgIpc) is 2.30. The third kappa shape index (κ3) is 2.87. The Morgan fingerprint density at radius 3 is 2.41 bits per heavy atom. The molecule has 0 aromatic heterocycles. The Labute approximate surface area is 105 Å². The summed E-state index contributed by atoms with van der Waals surface area (Å²) in [6, 6.07) is 14.7. The van der Waals surface area contributed by atoms with Crippen molar-refractivity contribution in [2.24, 2.45) is 5.73 Å². The molecule has 1 nitrogen and oxygen atoms in total. The fourth-order valence-corrected chi connectivity index (χ4v) is 2.75. The summed E-state index contributed by atoms with van der Waals surface area (Å²) in [5.41, 5.74) is 6.40. The molecule has 0 spiro atoms. The van der Waals surface area contributed by atoms with E-state index in [1.165, 1.54) is 17.8 Å². The van der Waals surface area contributed by atoms with Gasteiger partial charge in [0.2, 0.25) is 0 Å². The van der Waals surface area contributed by atoms with Gasteiger partial charge in [0, 0.05) is 21.4 Å². The Kier molecular flexibility index (Phi) is 3.82. The minimum absolute atomic E-state index is 0.235. The first-order valence-electron chi connectivity index (χ1n) is 5.45. The molecular formula is C14H14FNS. The molecule has 88 valence electrons. The second kappa shape index (κ2) is 5.34. The van der Waals surface area contributed by atoms with Crippen LogP contribution in [0, 0.1) is 5.82 Å². The summed E-state index contributed by atoms with van der Waals surface area (Å²) in [4.78, 5) is 1.96. The second-order valence-corrected chi connectivity index (χ2v) is 4.97. The van der Waals surface area contributed by atoms with E-state index in [-0.39, 0.29) is 11.9 Å². The maximum atomic E-state index is 13.7. The van der Waals surface area contributed by atoms with Crippen molar-refractivity contribution >= 4 is 11.8 Å². The summed E-state index contributed by atoms with van der Waals surface area (Å²) >= 11 is 1.54. The molecule has 0 heterocycles. The third-order valence-electron chi connectivity index (χ3n) is 2.44. The molecule has 0 aliphatic carbocycles. The summed E-state index contributed by atoms with van der Waals surface area (Å²) in [6.45, 7) is 1.80. The largest absolute Gasteiger partial charge is 0.324 e. The lowest BCUT2D eigenvalue weighted by atomic mass is 10.1. The summed E-state index contributed by atoms with van der Waals surface area (Å²) in [5.74, 6) is -0.235. The predicted molar refractivity (Wildman–Crippen MR) is 69.6 cm³/mol. The first-order valence-corrected chi connectivity index (χ1v) is 6.27. The molecule has 2 rings (SSSR count). The minimum Gasteiger partial charge on any atom is -0.324 e. The SMILES string of the molecule is C[C@@H](N)c1c(F)cccc1Sc1ccccc1. The topological polar surface area (TPSA) is 26.0 Å². The van der Waals surface area contributed by atoms with Gasteiger partial charge in [-0.3, -0.25) is 0 Å². The number of nitrogens with two attached hydrogens (primary N) is 1. The average molecular weight is 247 g/mol. The molecule has 0 saturated heterocycles. The Morgan fingerprint density at radius 2 is 1.76 bits per heavy atom. The van der Waals surface area contributed by atoms with Crippen LogP contribution in [0.2, 0.25) is 0 Å². The van der Waals surface area contributed by atoms with Gasteiger partial charge >= 0.3 is 0 Å². The summed E-state index contributed by atoms with van der Waals surface area (Å²) < 4.78 is 13.7. The number of halogens is 1. The lowest BCUT2D eigenvalue weighted by Gasteiger charge is -2.13. The molecule has 0 aliphatic heterocycles. The zero-order valence-electron chi connectivity index (χ0n) is 9.56. The molecule has 0 bridgehead atoms. The van der Waals surface area contributed by atoms with E-state index in [1.54, 1.807) is 13.0 Å². The number of hydrogen-bond donors (Lipinski definition) is 1. The van der Waals surface area contributed by atoms with Gasteiger partial charge in [-0.05, 0) is 31.2 Å². The van der Waals surface area contributed by atoms with Gasteiger partial charge in [-0.15, -0.1) is 0 Å². The van der Waals surface area contributed by atoms with Crippen molar-refractivity contribution in [1.82, 2.24) is 0 Å². The fourth-order valence-electron chi connectivity index (χ4n) is 1.66. The maximum absolute atomic E-state index is 13.7. The van der Waals surface area contributed by atoms with Crippen LogP contribution >= 0.6 is 11.8 Å². The van der Waals surface area contributed by atoms with Crippen LogP contribution in [0.5, 0.6) is 0 Å². The first-order chi connectivity index (χ1) is 8.18. The maximum Gasteiger partial charge on any atom is 0.129 e. The highest BCUT2D eigenvalue weighted by molar-refractivity contribution is 7.99. The molecule has 0 saturated carbocycles. The van der Waals surface area contributed by atoms with Crippen LogP contribution in [0.3, 0.4) is 0 Å². The fraction of sp³-hybridized carbons (Fsp3) is 0.143. The predicted octanol–water partition coefficient (Wildman–Crippen LogP) is 4.00. The van der Waals surface area contributed by atoms with Gasteiger partial charge < -0.3 is 5.73 Å². The zero-order chi connectivity index (χ0) is 12.3. The Balaban J connectivity index is 2.36. The van der Waals surface area contributed by atoms with Crippen LogP contribution in [0.1, 0.15) is 18.5 Å². The quantitative estimate of drug-likeness (QED) is 0.887. The molecule has 3 heteroatoms. The summed E-state index contributed by atoms with van der Waals surface area (Å²) in [6.07, 6.45) is 0. The van der Waals surface area contributed by atoms with Crippen molar-refractivity contribution in [1.29, 1.82) is 0 Å². The van der Waals surface area contributed by atoms with Crippen molar-refractivity contribution < 1.29 is 4.39 Å². The molecule has 0 fully saturated rings. The summed E-state index contributed by atoms with van der Waals surface area (Å²) in [5, 5.41) is 0. The lowest BCUT2D eigenvalue weighted by molar-refractivity contribution is 0.585. The van der Waals surface area contributed by atoms with Gasteiger partial charge in [-0.2, -0.15) is 0 Å². The smallest absolute Gasteiger partial charge is 0.129 e. The van der Waals surface area contributed by atoms with E-state index in [9.17, 15) is 4.39 Å². The van der Waals surface area contributed by atoms with Crippen LogP contribution in [0.25, 0.3) is 0 Å². The molecule has 2 N–H and O–H groups in total. The van der Waals surface area contributed by atoms with Crippen LogP contribution < -0.4 is 5.73 Å². The van der Waals surface area contributed by atoms with Gasteiger partial charge in [-0.1, -0.05) is 36.0 Å². The van der Waals surface area contributed by atoms with Crippen molar-refractivity contribution in [3.8, 4) is 0 Å². The first kappa shape index (κ1) is 12.1. The van der Waals surface area contributed by atoms with Gasteiger partial charge in [-0.25, -0.2) is 4.39 Å². The Morgan fingerprint density at radius 1 is 1.06 bits per heavy atom. The van der Waals surface area contributed by atoms with E-state index in [0.717, 1.165) is 9.79 Å². The van der Waals surface area contributed by atoms with E-state index in [4.69, 9.17) is 5.73 Å². The highest BCUT2D eigenvalue weighted by Gasteiger charge is 2.13. The number of rotatable bonds is 3. The third-order valence-corrected chi connectivity index (χ3v) is 3.52. The van der Waals surface area contributed by atoms with Crippen molar-refractivity contribution in [3.05, 3.63) is 59.9 Å². The second-order valence-electron chi connectivity index (χ2n) is 3.86. The minimum atomic E-state index is -0.303. The van der Waals surface area contributed by atoms with Crippen LogP contribution in [-0.4, -0.2) is 0 Å². The van der Waals surface area contributed by atoms with Gasteiger partial charge in [0.05, 0.1) is 0 Å². The van der Waals surface area contributed by atoms with Gasteiger partial charge in [0.15, 0.2) is 0 Å². The van der Waals surface area contributed by atoms with E-state index in [2.05, 4.69) is 0 Å². The molecular weight excluding hydrogens is 233 g/mol. The molecule has 2 aromatic rings. The Bertz CT molecular complexity index is 497. The molecule has 17 heavy (non-hydrogen) atoms. The van der Waals surface area contributed by atoms with Gasteiger partial charge in [0.1, 0.15) is 5.82 Å². The van der Waals surface area contributed by atoms with Gasteiger partial charge in [0.25, 0.3) is 0 Å². The van der Waals surface area contributed by atoms with Crippen molar-refractivity contribution in [3.63, 3.8) is 0 Å².